The molecule has 3 nitrogen and oxygen atoms in total. The van der Waals surface area contributed by atoms with Crippen LogP contribution >= 0.6 is 23.4 Å². The molecule has 0 fully saturated rings. The van der Waals surface area contributed by atoms with Crippen LogP contribution in [0.5, 0.6) is 0 Å². The van der Waals surface area contributed by atoms with Crippen molar-refractivity contribution in [2.45, 2.75) is 30.5 Å². The molecule has 0 unspecified atom stereocenters. The van der Waals surface area contributed by atoms with E-state index in [0.29, 0.717) is 21.5 Å². The summed E-state index contributed by atoms with van der Waals surface area (Å²) < 4.78 is 0. The molecule has 0 bridgehead atoms. The number of amides is 1. The monoisotopic (exact) mass is 320 g/mol. The molecule has 0 aliphatic heterocycles. The highest BCUT2D eigenvalue weighted by molar-refractivity contribution is 7.99. The van der Waals surface area contributed by atoms with Gasteiger partial charge < -0.3 is 5.32 Å². The Morgan fingerprint density at radius 1 is 1.29 bits per heavy atom. The molecular weight excluding hydrogens is 304 g/mol. The highest BCUT2D eigenvalue weighted by Gasteiger charge is 2.08. The second kappa shape index (κ2) is 7.48. The molecule has 2 rings (SSSR count). The van der Waals surface area contributed by atoms with Gasteiger partial charge in [-0.15, -0.1) is 11.8 Å². The molecule has 1 atom stereocenters. The minimum absolute atomic E-state index is 0.176. The Kier molecular flexibility index (Phi) is 5.65. The molecule has 2 aromatic rings. The lowest BCUT2D eigenvalue weighted by molar-refractivity contribution is 0.102. The lowest BCUT2D eigenvalue weighted by atomic mass is 10.2. The lowest BCUT2D eigenvalue weighted by Gasteiger charge is -2.08. The molecule has 0 saturated carbocycles. The van der Waals surface area contributed by atoms with E-state index in [1.54, 1.807) is 48.3 Å². The molecule has 21 heavy (non-hydrogen) atoms. The summed E-state index contributed by atoms with van der Waals surface area (Å²) in [5, 5.41) is 4.91. The predicted octanol–water partition coefficient (Wildman–Crippen LogP) is 4.88. The molecular formula is C16H17ClN2OS. The van der Waals surface area contributed by atoms with Crippen molar-refractivity contribution in [2.24, 2.45) is 0 Å². The van der Waals surface area contributed by atoms with Crippen LogP contribution in [0.1, 0.15) is 30.6 Å². The van der Waals surface area contributed by atoms with Gasteiger partial charge in [-0.3, -0.25) is 4.79 Å². The van der Waals surface area contributed by atoms with Crippen LogP contribution in [0.2, 0.25) is 5.02 Å². The quantitative estimate of drug-likeness (QED) is 0.798. The van der Waals surface area contributed by atoms with E-state index < -0.39 is 0 Å². The summed E-state index contributed by atoms with van der Waals surface area (Å²) in [7, 11) is 0. The summed E-state index contributed by atoms with van der Waals surface area (Å²) in [4.78, 5) is 16.4. The summed E-state index contributed by atoms with van der Waals surface area (Å²) in [6.07, 6.45) is 2.70. The summed E-state index contributed by atoms with van der Waals surface area (Å²) in [6.45, 7) is 4.30. The average Bonchev–Trinajstić information content (AvgIpc) is 2.50. The molecule has 0 spiro atoms. The minimum atomic E-state index is -0.176. The average molecular weight is 321 g/mol. The summed E-state index contributed by atoms with van der Waals surface area (Å²) in [6, 6.07) is 10.7. The van der Waals surface area contributed by atoms with E-state index in [4.69, 9.17) is 11.6 Å². The van der Waals surface area contributed by atoms with E-state index in [0.717, 1.165) is 11.4 Å². The molecule has 0 saturated heterocycles. The van der Waals surface area contributed by atoms with E-state index >= 15 is 0 Å². The fourth-order valence-electron chi connectivity index (χ4n) is 1.61. The Morgan fingerprint density at radius 2 is 2.00 bits per heavy atom. The van der Waals surface area contributed by atoms with Gasteiger partial charge in [0.05, 0.1) is 10.6 Å². The second-order valence-corrected chi connectivity index (χ2v) is 6.58. The molecule has 110 valence electrons. The van der Waals surface area contributed by atoms with Crippen LogP contribution in [0, 0.1) is 0 Å². The van der Waals surface area contributed by atoms with Gasteiger partial charge in [-0.2, -0.15) is 0 Å². The number of pyridine rings is 1. The van der Waals surface area contributed by atoms with Gasteiger partial charge in [0.2, 0.25) is 0 Å². The Labute approximate surface area is 134 Å². The number of rotatable bonds is 5. The van der Waals surface area contributed by atoms with Crippen molar-refractivity contribution in [3.8, 4) is 0 Å². The third-order valence-electron chi connectivity index (χ3n) is 3.00. The SMILES string of the molecule is CC[C@H](C)Sc1ccc(C(=O)Nc2ccc(Cl)cc2)cn1. The van der Waals surface area contributed by atoms with Crippen LogP contribution in [0.3, 0.4) is 0 Å². The van der Waals surface area contributed by atoms with Crippen LogP contribution in [0.25, 0.3) is 0 Å². The Balaban J connectivity index is 2.01. The number of anilines is 1. The fourth-order valence-corrected chi connectivity index (χ4v) is 2.58. The van der Waals surface area contributed by atoms with Crippen LogP contribution in [-0.4, -0.2) is 16.1 Å². The number of hydrogen-bond acceptors (Lipinski definition) is 3. The number of nitrogens with one attached hydrogen (secondary N) is 1. The summed E-state index contributed by atoms with van der Waals surface area (Å²) in [5.41, 5.74) is 1.25. The first-order chi connectivity index (χ1) is 10.1. The van der Waals surface area contributed by atoms with Crippen LogP contribution in [0.4, 0.5) is 5.69 Å². The fraction of sp³-hybridized carbons (Fsp3) is 0.250. The van der Waals surface area contributed by atoms with Crippen molar-refractivity contribution >= 4 is 35.0 Å². The normalized spacial score (nSPS) is 12.0. The maximum atomic E-state index is 12.1. The molecule has 0 aliphatic carbocycles. The predicted molar refractivity (Wildman–Crippen MR) is 89.3 cm³/mol. The van der Waals surface area contributed by atoms with Gasteiger partial charge in [0, 0.05) is 22.2 Å². The number of carbonyl (C=O) groups excluding carboxylic acids is 1. The van der Waals surface area contributed by atoms with Crippen LogP contribution in [-0.2, 0) is 0 Å². The maximum Gasteiger partial charge on any atom is 0.257 e. The van der Waals surface area contributed by atoms with Crippen LogP contribution < -0.4 is 5.32 Å². The number of benzene rings is 1. The highest BCUT2D eigenvalue weighted by atomic mass is 35.5. The van der Waals surface area contributed by atoms with Gasteiger partial charge in [-0.05, 0) is 42.8 Å². The topological polar surface area (TPSA) is 42.0 Å². The lowest BCUT2D eigenvalue weighted by Crippen LogP contribution is -2.12. The summed E-state index contributed by atoms with van der Waals surface area (Å²) >= 11 is 7.52. The van der Waals surface area contributed by atoms with Crippen molar-refractivity contribution < 1.29 is 4.79 Å². The van der Waals surface area contributed by atoms with Gasteiger partial charge >= 0.3 is 0 Å². The van der Waals surface area contributed by atoms with E-state index in [-0.39, 0.29) is 5.91 Å². The maximum absolute atomic E-state index is 12.1. The molecule has 0 aliphatic rings. The number of thioether (sulfide) groups is 1. The first-order valence-corrected chi connectivity index (χ1v) is 8.04. The highest BCUT2D eigenvalue weighted by Crippen LogP contribution is 2.23. The zero-order valence-corrected chi connectivity index (χ0v) is 13.5. The first-order valence-electron chi connectivity index (χ1n) is 6.78. The van der Waals surface area contributed by atoms with E-state index in [2.05, 4.69) is 24.1 Å². The van der Waals surface area contributed by atoms with Crippen molar-refractivity contribution in [1.29, 1.82) is 0 Å². The van der Waals surface area contributed by atoms with Gasteiger partial charge in [0.25, 0.3) is 5.91 Å². The smallest absolute Gasteiger partial charge is 0.257 e. The zero-order chi connectivity index (χ0) is 15.2. The second-order valence-electron chi connectivity index (χ2n) is 4.68. The molecule has 1 aromatic carbocycles. The van der Waals surface area contributed by atoms with Gasteiger partial charge in [0.15, 0.2) is 0 Å². The standard InChI is InChI=1S/C16H17ClN2OS/c1-3-11(2)21-15-9-4-12(10-18-15)16(20)19-14-7-5-13(17)6-8-14/h4-11H,3H2,1-2H3,(H,19,20)/t11-/m0/s1. The number of nitrogens with zero attached hydrogens (tertiary/aromatic N) is 1. The number of hydrogen-bond donors (Lipinski definition) is 1. The molecule has 1 amide bonds. The van der Waals surface area contributed by atoms with Crippen molar-refractivity contribution in [3.63, 3.8) is 0 Å². The Bertz CT molecular complexity index is 599. The van der Waals surface area contributed by atoms with E-state index in [1.807, 2.05) is 6.07 Å². The largest absolute Gasteiger partial charge is 0.322 e. The molecule has 0 radical (unpaired) electrons. The number of carbonyl (C=O) groups is 1. The van der Waals surface area contributed by atoms with Crippen LogP contribution in [0.15, 0.2) is 47.6 Å². The van der Waals surface area contributed by atoms with E-state index in [9.17, 15) is 4.79 Å². The molecule has 1 aromatic heterocycles. The molecule has 1 N–H and O–H groups in total. The minimum Gasteiger partial charge on any atom is -0.322 e. The number of aromatic nitrogens is 1. The van der Waals surface area contributed by atoms with E-state index in [1.165, 1.54) is 0 Å². The summed E-state index contributed by atoms with van der Waals surface area (Å²) in [5.74, 6) is -0.176. The van der Waals surface area contributed by atoms with Gasteiger partial charge in [-0.1, -0.05) is 25.4 Å². The zero-order valence-electron chi connectivity index (χ0n) is 12.0. The van der Waals surface area contributed by atoms with Crippen molar-refractivity contribution in [3.05, 3.63) is 53.2 Å². The Hall–Kier alpha value is -1.52. The molecule has 5 heteroatoms. The van der Waals surface area contributed by atoms with Crippen molar-refractivity contribution in [2.75, 3.05) is 5.32 Å². The van der Waals surface area contributed by atoms with Gasteiger partial charge in [-0.25, -0.2) is 4.98 Å². The number of halogens is 1. The Morgan fingerprint density at radius 3 is 2.57 bits per heavy atom. The first kappa shape index (κ1) is 15.9. The van der Waals surface area contributed by atoms with Crippen molar-refractivity contribution in [1.82, 2.24) is 4.98 Å². The third kappa shape index (κ3) is 4.76. The molecule has 1 heterocycles. The third-order valence-corrected chi connectivity index (χ3v) is 4.47. The van der Waals surface area contributed by atoms with Gasteiger partial charge in [0.1, 0.15) is 0 Å².